The molecule has 0 aliphatic carbocycles. The number of halogens is 1. The van der Waals surface area contributed by atoms with Crippen LogP contribution in [0.5, 0.6) is 5.75 Å². The number of aryl methyl sites for hydroxylation is 1. The van der Waals surface area contributed by atoms with Crippen LogP contribution in [0.4, 0.5) is 16.2 Å². The molecule has 8 nitrogen and oxygen atoms in total. The SMILES string of the molecule is Cc1ccc(NC(=O)COc2ccc(/C=C3/SC(=O)N(CC(=O)Nc4ccc(Cl)cc4)C3=O)cc2)cc1. The first kappa shape index (κ1) is 26.0. The van der Waals surface area contributed by atoms with E-state index in [0.29, 0.717) is 27.7 Å². The van der Waals surface area contributed by atoms with Gasteiger partial charge in [-0.1, -0.05) is 41.4 Å². The van der Waals surface area contributed by atoms with Gasteiger partial charge in [-0.3, -0.25) is 24.1 Å². The van der Waals surface area contributed by atoms with Crippen molar-refractivity contribution in [1.82, 2.24) is 4.90 Å². The van der Waals surface area contributed by atoms with E-state index in [1.165, 1.54) is 0 Å². The van der Waals surface area contributed by atoms with Crippen LogP contribution in [0.25, 0.3) is 6.08 Å². The minimum absolute atomic E-state index is 0.163. The molecule has 0 bridgehead atoms. The molecule has 0 spiro atoms. The maximum absolute atomic E-state index is 12.7. The molecule has 1 aliphatic rings. The number of benzene rings is 3. The van der Waals surface area contributed by atoms with Crippen LogP contribution >= 0.6 is 23.4 Å². The zero-order chi connectivity index (χ0) is 26.4. The summed E-state index contributed by atoms with van der Waals surface area (Å²) in [6.45, 7) is 1.40. The molecule has 1 aliphatic heterocycles. The molecule has 1 heterocycles. The van der Waals surface area contributed by atoms with Crippen LogP contribution in [-0.4, -0.2) is 41.0 Å². The Morgan fingerprint density at radius 2 is 1.49 bits per heavy atom. The lowest BCUT2D eigenvalue weighted by molar-refractivity contribution is -0.127. The summed E-state index contributed by atoms with van der Waals surface area (Å²) in [4.78, 5) is 50.6. The van der Waals surface area contributed by atoms with Gasteiger partial charge >= 0.3 is 0 Å². The Kier molecular flexibility index (Phi) is 8.27. The van der Waals surface area contributed by atoms with Crippen LogP contribution in [0.2, 0.25) is 5.02 Å². The smallest absolute Gasteiger partial charge is 0.294 e. The van der Waals surface area contributed by atoms with Crippen molar-refractivity contribution in [2.45, 2.75) is 6.92 Å². The first-order chi connectivity index (χ1) is 17.8. The highest BCUT2D eigenvalue weighted by Gasteiger charge is 2.36. The molecule has 0 saturated carbocycles. The number of carbonyl (C=O) groups excluding carboxylic acids is 4. The molecular weight excluding hydrogens is 514 g/mol. The zero-order valence-corrected chi connectivity index (χ0v) is 21.3. The number of nitrogens with one attached hydrogen (secondary N) is 2. The summed E-state index contributed by atoms with van der Waals surface area (Å²) in [6.07, 6.45) is 1.57. The molecule has 0 radical (unpaired) electrons. The van der Waals surface area contributed by atoms with Gasteiger partial charge in [0.15, 0.2) is 6.61 Å². The van der Waals surface area contributed by atoms with Crippen molar-refractivity contribution in [2.24, 2.45) is 0 Å². The van der Waals surface area contributed by atoms with Gasteiger partial charge in [-0.2, -0.15) is 0 Å². The van der Waals surface area contributed by atoms with Crippen LogP contribution in [0.15, 0.2) is 77.7 Å². The van der Waals surface area contributed by atoms with Crippen molar-refractivity contribution in [2.75, 3.05) is 23.8 Å². The Labute approximate surface area is 222 Å². The summed E-state index contributed by atoms with van der Waals surface area (Å²) >= 11 is 6.60. The Morgan fingerprint density at radius 1 is 0.892 bits per heavy atom. The number of hydrogen-bond acceptors (Lipinski definition) is 6. The van der Waals surface area contributed by atoms with Crippen LogP contribution in [0, 0.1) is 6.92 Å². The molecule has 10 heteroatoms. The Hall–Kier alpha value is -4.08. The molecule has 4 amide bonds. The largest absolute Gasteiger partial charge is 0.484 e. The number of nitrogens with zero attached hydrogens (tertiary/aromatic N) is 1. The number of ether oxygens (including phenoxy) is 1. The number of carbonyl (C=O) groups is 4. The van der Waals surface area contributed by atoms with E-state index in [9.17, 15) is 19.2 Å². The summed E-state index contributed by atoms with van der Waals surface area (Å²) in [7, 11) is 0. The maximum atomic E-state index is 12.7. The van der Waals surface area contributed by atoms with Crippen molar-refractivity contribution in [1.29, 1.82) is 0 Å². The van der Waals surface area contributed by atoms with Crippen molar-refractivity contribution >= 4 is 63.8 Å². The van der Waals surface area contributed by atoms with E-state index < -0.39 is 23.6 Å². The number of hydrogen-bond donors (Lipinski definition) is 2. The van der Waals surface area contributed by atoms with E-state index in [2.05, 4.69) is 10.6 Å². The van der Waals surface area contributed by atoms with E-state index in [1.807, 2.05) is 31.2 Å². The fraction of sp³-hybridized carbons (Fsp3) is 0.111. The Bertz CT molecular complexity index is 1360. The third kappa shape index (κ3) is 7.22. The second kappa shape index (κ2) is 11.8. The third-order valence-corrected chi connectivity index (χ3v) is 6.35. The predicted molar refractivity (Wildman–Crippen MR) is 145 cm³/mol. The molecule has 0 atom stereocenters. The van der Waals surface area contributed by atoms with Crippen molar-refractivity contribution < 1.29 is 23.9 Å². The lowest BCUT2D eigenvalue weighted by Gasteiger charge is -2.12. The Balaban J connectivity index is 1.30. The van der Waals surface area contributed by atoms with Gasteiger partial charge in [0, 0.05) is 16.4 Å². The fourth-order valence-corrected chi connectivity index (χ4v) is 4.27. The lowest BCUT2D eigenvalue weighted by atomic mass is 10.2. The minimum Gasteiger partial charge on any atom is -0.484 e. The quantitative estimate of drug-likeness (QED) is 0.377. The average Bonchev–Trinajstić information content (AvgIpc) is 3.13. The Morgan fingerprint density at radius 3 is 2.14 bits per heavy atom. The average molecular weight is 536 g/mol. The second-order valence-corrected chi connectivity index (χ2v) is 9.52. The van der Waals surface area contributed by atoms with Gasteiger partial charge in [0.25, 0.3) is 17.1 Å². The molecule has 0 unspecified atom stereocenters. The standard InChI is InChI=1S/C27H22ClN3O5S/c1-17-2-8-20(9-3-17)30-25(33)16-36-22-12-4-18(5-13-22)14-23-26(34)31(27(35)37-23)15-24(32)29-21-10-6-19(28)7-11-21/h2-14H,15-16H2,1H3,(H,29,32)(H,30,33)/b23-14+. The molecule has 2 N–H and O–H groups in total. The highest BCUT2D eigenvalue weighted by Crippen LogP contribution is 2.32. The van der Waals surface area contributed by atoms with E-state index in [1.54, 1.807) is 54.6 Å². The summed E-state index contributed by atoms with van der Waals surface area (Å²) < 4.78 is 5.52. The monoisotopic (exact) mass is 535 g/mol. The van der Waals surface area contributed by atoms with Gasteiger partial charge < -0.3 is 15.4 Å². The molecule has 1 fully saturated rings. The first-order valence-electron chi connectivity index (χ1n) is 11.2. The highest BCUT2D eigenvalue weighted by molar-refractivity contribution is 8.18. The summed E-state index contributed by atoms with van der Waals surface area (Å²) in [5.41, 5.74) is 2.95. The number of imide groups is 1. The normalized spacial score (nSPS) is 14.1. The number of anilines is 2. The van der Waals surface area contributed by atoms with Crippen LogP contribution < -0.4 is 15.4 Å². The van der Waals surface area contributed by atoms with E-state index in [-0.39, 0.29) is 17.4 Å². The van der Waals surface area contributed by atoms with Gasteiger partial charge in [0.05, 0.1) is 4.91 Å². The van der Waals surface area contributed by atoms with Gasteiger partial charge in [-0.15, -0.1) is 0 Å². The topological polar surface area (TPSA) is 105 Å². The summed E-state index contributed by atoms with van der Waals surface area (Å²) in [5.74, 6) is -0.863. The molecular formula is C27H22ClN3O5S. The van der Waals surface area contributed by atoms with Crippen LogP contribution in [0.3, 0.4) is 0 Å². The van der Waals surface area contributed by atoms with Gasteiger partial charge in [-0.05, 0) is 78.9 Å². The molecule has 4 rings (SSSR count). The van der Waals surface area contributed by atoms with Crippen LogP contribution in [0.1, 0.15) is 11.1 Å². The van der Waals surface area contributed by atoms with Gasteiger partial charge in [0.1, 0.15) is 12.3 Å². The maximum Gasteiger partial charge on any atom is 0.294 e. The second-order valence-electron chi connectivity index (χ2n) is 8.09. The highest BCUT2D eigenvalue weighted by atomic mass is 35.5. The summed E-state index contributed by atoms with van der Waals surface area (Å²) in [5, 5.41) is 5.39. The minimum atomic E-state index is -0.547. The van der Waals surface area contributed by atoms with Crippen LogP contribution in [-0.2, 0) is 14.4 Å². The first-order valence-corrected chi connectivity index (χ1v) is 12.4. The molecule has 37 heavy (non-hydrogen) atoms. The van der Waals surface area contributed by atoms with Crippen molar-refractivity contribution in [3.63, 3.8) is 0 Å². The number of thioether (sulfide) groups is 1. The number of amides is 4. The predicted octanol–water partition coefficient (Wildman–Crippen LogP) is 5.34. The van der Waals surface area contributed by atoms with Gasteiger partial charge in [-0.25, -0.2) is 0 Å². The lowest BCUT2D eigenvalue weighted by Crippen LogP contribution is -2.36. The molecule has 1 saturated heterocycles. The molecule has 0 aromatic heterocycles. The number of rotatable bonds is 8. The van der Waals surface area contributed by atoms with E-state index in [4.69, 9.17) is 16.3 Å². The molecule has 3 aromatic rings. The van der Waals surface area contributed by atoms with Crippen molar-refractivity contribution in [3.05, 3.63) is 93.9 Å². The molecule has 3 aromatic carbocycles. The summed E-state index contributed by atoms with van der Waals surface area (Å²) in [6, 6.07) is 20.7. The molecule has 188 valence electrons. The fourth-order valence-electron chi connectivity index (χ4n) is 3.31. The van der Waals surface area contributed by atoms with Crippen molar-refractivity contribution in [3.8, 4) is 5.75 Å². The van der Waals surface area contributed by atoms with Gasteiger partial charge in [0.2, 0.25) is 5.91 Å². The van der Waals surface area contributed by atoms with E-state index in [0.717, 1.165) is 22.2 Å². The van der Waals surface area contributed by atoms with E-state index >= 15 is 0 Å². The third-order valence-electron chi connectivity index (χ3n) is 5.19. The zero-order valence-electron chi connectivity index (χ0n) is 19.7.